The number of carbonyl (C=O) groups excluding carboxylic acids is 1. The molecule has 10 nitrogen and oxygen atoms in total. The molecule has 1 aromatic heterocycles. The fourth-order valence-corrected chi connectivity index (χ4v) is 2.41. The average Bonchev–Trinajstić information content (AvgIpc) is 2.81. The smallest absolute Gasteiger partial charge is 0.351 e. The van der Waals surface area contributed by atoms with Crippen molar-refractivity contribution >= 4 is 11.7 Å². The number of carbonyl (C=O) groups is 1. The van der Waals surface area contributed by atoms with E-state index < -0.39 is 42.2 Å². The molecule has 0 spiro atoms. The van der Waals surface area contributed by atoms with Gasteiger partial charge in [-0.1, -0.05) is 13.8 Å². The first kappa shape index (κ1) is 18.3. The summed E-state index contributed by atoms with van der Waals surface area (Å²) in [6.07, 6.45) is -4.44. The second-order valence-corrected chi connectivity index (χ2v) is 6.01. The van der Waals surface area contributed by atoms with Gasteiger partial charge in [-0.25, -0.2) is 4.79 Å². The Morgan fingerprint density at radius 2 is 2.12 bits per heavy atom. The maximum atomic E-state index is 12.2. The Bertz CT molecular complexity index is 648. The van der Waals surface area contributed by atoms with Crippen molar-refractivity contribution in [3.8, 4) is 0 Å². The van der Waals surface area contributed by atoms with Crippen LogP contribution in [0.5, 0.6) is 0 Å². The zero-order valence-corrected chi connectivity index (χ0v) is 13.4. The highest BCUT2D eigenvalue weighted by molar-refractivity contribution is 5.82. The summed E-state index contributed by atoms with van der Waals surface area (Å²) in [4.78, 5) is 27.6. The Morgan fingerprint density at radius 1 is 1.46 bits per heavy atom. The van der Waals surface area contributed by atoms with Gasteiger partial charge < -0.3 is 31.1 Å². The first-order chi connectivity index (χ1) is 11.3. The van der Waals surface area contributed by atoms with Crippen molar-refractivity contribution < 1.29 is 24.9 Å². The zero-order valence-electron chi connectivity index (χ0n) is 13.4. The molecule has 24 heavy (non-hydrogen) atoms. The lowest BCUT2D eigenvalue weighted by molar-refractivity contribution is -0.139. The highest BCUT2D eigenvalue weighted by Crippen LogP contribution is 2.28. The number of hydrogen-bond acceptors (Lipinski definition) is 8. The molecule has 10 heteroatoms. The molecule has 5 atom stereocenters. The number of nitrogen functional groups attached to an aromatic ring is 1. The molecular formula is C14H22N4O6. The van der Waals surface area contributed by atoms with Gasteiger partial charge in [-0.3, -0.25) is 9.36 Å². The lowest BCUT2D eigenvalue weighted by atomic mass is 10.0. The van der Waals surface area contributed by atoms with E-state index in [1.54, 1.807) is 0 Å². The summed E-state index contributed by atoms with van der Waals surface area (Å²) < 4.78 is 6.32. The van der Waals surface area contributed by atoms with Crippen LogP contribution in [0.15, 0.2) is 17.1 Å². The molecule has 0 aliphatic carbocycles. The molecule has 1 aliphatic heterocycles. The summed E-state index contributed by atoms with van der Waals surface area (Å²) >= 11 is 0. The molecule has 0 saturated carbocycles. The van der Waals surface area contributed by atoms with Gasteiger partial charge in [0.15, 0.2) is 12.3 Å². The number of anilines is 1. The molecule has 0 bridgehead atoms. The quantitative estimate of drug-likeness (QED) is 0.395. The first-order valence-corrected chi connectivity index (χ1v) is 7.53. The molecule has 1 amide bonds. The van der Waals surface area contributed by atoms with Crippen LogP contribution in [0, 0.1) is 5.92 Å². The molecule has 1 saturated heterocycles. The maximum absolute atomic E-state index is 12.2. The van der Waals surface area contributed by atoms with E-state index in [1.165, 1.54) is 12.3 Å². The minimum Gasteiger partial charge on any atom is -0.394 e. The Labute approximate surface area is 137 Å². The summed E-state index contributed by atoms with van der Waals surface area (Å²) in [6, 6.07) is 0.808. The van der Waals surface area contributed by atoms with E-state index in [9.17, 15) is 24.9 Å². The van der Waals surface area contributed by atoms with Crippen molar-refractivity contribution in [3.63, 3.8) is 0 Å². The van der Waals surface area contributed by atoms with Crippen molar-refractivity contribution in [2.45, 2.75) is 44.4 Å². The number of ether oxygens (including phenoxy) is 1. The van der Waals surface area contributed by atoms with Crippen LogP contribution in [0.2, 0.25) is 0 Å². The lowest BCUT2D eigenvalue weighted by Gasteiger charge is -2.23. The number of nitrogens with two attached hydrogens (primary N) is 1. The number of amides is 1. The van der Waals surface area contributed by atoms with Crippen molar-refractivity contribution in [2.75, 3.05) is 12.3 Å². The van der Waals surface area contributed by atoms with E-state index in [4.69, 9.17) is 10.5 Å². The minimum absolute atomic E-state index is 0.00120. The molecule has 1 fully saturated rings. The predicted molar refractivity (Wildman–Crippen MR) is 82.7 cm³/mol. The van der Waals surface area contributed by atoms with Gasteiger partial charge in [0.2, 0.25) is 0 Å². The van der Waals surface area contributed by atoms with E-state index >= 15 is 0 Å². The first-order valence-electron chi connectivity index (χ1n) is 7.53. The fourth-order valence-electron chi connectivity index (χ4n) is 2.41. The Morgan fingerprint density at radius 3 is 2.67 bits per heavy atom. The Balaban J connectivity index is 2.17. The largest absolute Gasteiger partial charge is 0.394 e. The molecule has 2 rings (SSSR count). The number of rotatable bonds is 5. The second-order valence-electron chi connectivity index (χ2n) is 6.01. The highest BCUT2D eigenvalue weighted by Gasteiger charge is 2.48. The third kappa shape index (κ3) is 3.56. The normalized spacial score (nSPS) is 28.1. The summed E-state index contributed by atoms with van der Waals surface area (Å²) in [5, 5.41) is 32.0. The van der Waals surface area contributed by atoms with Crippen LogP contribution in [-0.2, 0) is 9.53 Å². The lowest BCUT2D eigenvalue weighted by Crippen LogP contribution is -2.49. The second kappa shape index (κ2) is 7.26. The van der Waals surface area contributed by atoms with E-state index in [-0.39, 0.29) is 18.3 Å². The topological polar surface area (TPSA) is 160 Å². The number of aromatic nitrogens is 2. The van der Waals surface area contributed by atoms with Crippen LogP contribution in [0.25, 0.3) is 0 Å². The average molecular weight is 342 g/mol. The molecule has 1 aromatic rings. The van der Waals surface area contributed by atoms with Crippen molar-refractivity contribution in [3.05, 3.63) is 22.7 Å². The fraction of sp³-hybridized carbons (Fsp3) is 0.643. The Kier molecular flexibility index (Phi) is 5.54. The van der Waals surface area contributed by atoms with Crippen LogP contribution in [0.3, 0.4) is 0 Å². The minimum atomic E-state index is -1.54. The van der Waals surface area contributed by atoms with Crippen LogP contribution in [0.1, 0.15) is 20.1 Å². The van der Waals surface area contributed by atoms with Gasteiger partial charge in [0.25, 0.3) is 5.91 Å². The van der Waals surface area contributed by atoms with Crippen molar-refractivity contribution in [1.29, 1.82) is 0 Å². The third-order valence-electron chi connectivity index (χ3n) is 3.95. The van der Waals surface area contributed by atoms with E-state index in [0.29, 0.717) is 0 Å². The number of nitrogens with zero attached hydrogens (tertiary/aromatic N) is 2. The summed E-state index contributed by atoms with van der Waals surface area (Å²) in [5.74, 6) is -0.725. The van der Waals surface area contributed by atoms with Crippen LogP contribution < -0.4 is 16.7 Å². The molecule has 134 valence electrons. The molecular weight excluding hydrogens is 320 g/mol. The number of aliphatic hydroxyl groups excluding tert-OH is 3. The van der Waals surface area contributed by atoms with E-state index in [2.05, 4.69) is 10.3 Å². The summed E-state index contributed by atoms with van der Waals surface area (Å²) in [7, 11) is 0. The number of hydrogen-bond donors (Lipinski definition) is 5. The van der Waals surface area contributed by atoms with Gasteiger partial charge in [-0.2, -0.15) is 4.98 Å². The van der Waals surface area contributed by atoms with Crippen LogP contribution in [0.4, 0.5) is 5.82 Å². The van der Waals surface area contributed by atoms with E-state index in [1.807, 2.05) is 13.8 Å². The third-order valence-corrected chi connectivity index (χ3v) is 3.95. The SMILES string of the molecule is CC(C)[C@H](CO)NC(=O)[C@H]1O[C@@H](n2ccc(N)nc2=O)[C@H](O)[C@@H]1O. The molecule has 0 unspecified atom stereocenters. The van der Waals surface area contributed by atoms with Gasteiger partial charge in [0, 0.05) is 6.20 Å². The molecule has 0 aromatic carbocycles. The standard InChI is InChI=1S/C14H22N4O6/c1-6(2)7(5-19)16-12(22)11-9(20)10(21)13(24-11)18-4-3-8(15)17-14(18)23/h3-4,6-7,9-11,13,19-21H,5H2,1-2H3,(H,16,22)(H2,15,17,23)/t7-,9-,10+,11-,13+/m0/s1. The van der Waals surface area contributed by atoms with Gasteiger partial charge >= 0.3 is 5.69 Å². The molecule has 1 aliphatic rings. The number of nitrogens with one attached hydrogen (secondary N) is 1. The van der Waals surface area contributed by atoms with Crippen LogP contribution in [-0.4, -0.2) is 61.7 Å². The summed E-state index contributed by atoms with van der Waals surface area (Å²) in [6.45, 7) is 3.34. The van der Waals surface area contributed by atoms with Crippen LogP contribution >= 0.6 is 0 Å². The van der Waals surface area contributed by atoms with Gasteiger partial charge in [-0.15, -0.1) is 0 Å². The molecule has 2 heterocycles. The highest BCUT2D eigenvalue weighted by atomic mass is 16.6. The predicted octanol–water partition coefficient (Wildman–Crippen LogP) is -2.42. The van der Waals surface area contributed by atoms with Gasteiger partial charge in [0.05, 0.1) is 12.6 Å². The monoisotopic (exact) mass is 342 g/mol. The van der Waals surface area contributed by atoms with E-state index in [0.717, 1.165) is 4.57 Å². The molecule has 0 radical (unpaired) electrons. The van der Waals surface area contributed by atoms with Crippen molar-refractivity contribution in [1.82, 2.24) is 14.9 Å². The maximum Gasteiger partial charge on any atom is 0.351 e. The number of aliphatic hydroxyl groups is 3. The van der Waals surface area contributed by atoms with Gasteiger partial charge in [0.1, 0.15) is 18.0 Å². The van der Waals surface area contributed by atoms with Crippen molar-refractivity contribution in [2.24, 2.45) is 5.92 Å². The molecule has 6 N–H and O–H groups in total. The van der Waals surface area contributed by atoms with Gasteiger partial charge in [-0.05, 0) is 12.0 Å². The zero-order chi connectivity index (χ0) is 18.0. The Hall–Kier alpha value is -2.01. The summed E-state index contributed by atoms with van der Waals surface area (Å²) in [5.41, 5.74) is 4.62.